The molecule has 0 radical (unpaired) electrons. The summed E-state index contributed by atoms with van der Waals surface area (Å²) in [5.74, 6) is 0.0736. The molecule has 20 heavy (non-hydrogen) atoms. The maximum absolute atomic E-state index is 11.9. The Morgan fingerprint density at radius 1 is 1.40 bits per heavy atom. The predicted octanol–water partition coefficient (Wildman–Crippen LogP) is 0.461. The van der Waals surface area contributed by atoms with Crippen LogP contribution in [0.4, 0.5) is 17.3 Å². The third kappa shape index (κ3) is 2.92. The first-order chi connectivity index (χ1) is 9.63. The zero-order valence-corrected chi connectivity index (χ0v) is 11.1. The van der Waals surface area contributed by atoms with E-state index in [0.717, 1.165) is 25.9 Å². The topological polar surface area (TPSA) is 113 Å². The van der Waals surface area contributed by atoms with Crippen LogP contribution in [-0.2, 0) is 4.79 Å². The van der Waals surface area contributed by atoms with Gasteiger partial charge in [-0.05, 0) is 12.8 Å². The highest BCUT2D eigenvalue weighted by Crippen LogP contribution is 2.28. The molecule has 1 fully saturated rings. The molecule has 1 aromatic rings. The van der Waals surface area contributed by atoms with E-state index in [-0.39, 0.29) is 29.8 Å². The molecule has 0 aliphatic carbocycles. The van der Waals surface area contributed by atoms with Gasteiger partial charge in [-0.25, -0.2) is 9.97 Å². The first-order valence-corrected chi connectivity index (χ1v) is 6.32. The molecule has 108 valence electrons. The van der Waals surface area contributed by atoms with Crippen LogP contribution in [0, 0.1) is 10.1 Å². The Kier molecular flexibility index (Phi) is 4.28. The zero-order chi connectivity index (χ0) is 14.5. The molecular weight excluding hydrogens is 264 g/mol. The number of carbonyl (C=O) groups excluding carboxylic acids is 1. The first-order valence-electron chi connectivity index (χ1n) is 6.32. The lowest BCUT2D eigenvalue weighted by Crippen LogP contribution is -2.33. The number of nitro groups is 1. The minimum atomic E-state index is -0.575. The van der Waals surface area contributed by atoms with E-state index in [1.165, 1.54) is 13.4 Å². The SMILES string of the molecule is CNc1ncnc(NCC(=O)N2CCCC2)c1[N+](=O)[O-]. The predicted molar refractivity (Wildman–Crippen MR) is 72.5 cm³/mol. The van der Waals surface area contributed by atoms with Crippen LogP contribution < -0.4 is 10.6 Å². The van der Waals surface area contributed by atoms with Gasteiger partial charge in [0.1, 0.15) is 6.33 Å². The van der Waals surface area contributed by atoms with E-state index in [4.69, 9.17) is 0 Å². The molecule has 2 N–H and O–H groups in total. The molecule has 9 heteroatoms. The van der Waals surface area contributed by atoms with Gasteiger partial charge >= 0.3 is 5.69 Å². The Balaban J connectivity index is 2.09. The smallest absolute Gasteiger partial charge is 0.353 e. The van der Waals surface area contributed by atoms with Crippen molar-refractivity contribution in [1.29, 1.82) is 0 Å². The largest absolute Gasteiger partial charge is 0.367 e. The lowest BCUT2D eigenvalue weighted by molar-refractivity contribution is -0.383. The Hall–Kier alpha value is -2.45. The van der Waals surface area contributed by atoms with Gasteiger partial charge in [0.25, 0.3) is 0 Å². The zero-order valence-electron chi connectivity index (χ0n) is 11.1. The first kappa shape index (κ1) is 14.0. The van der Waals surface area contributed by atoms with Crippen LogP contribution in [0.3, 0.4) is 0 Å². The summed E-state index contributed by atoms with van der Waals surface area (Å²) in [7, 11) is 1.54. The van der Waals surface area contributed by atoms with Crippen molar-refractivity contribution >= 4 is 23.2 Å². The minimum absolute atomic E-state index is 0.0129. The quantitative estimate of drug-likeness (QED) is 0.595. The van der Waals surface area contributed by atoms with E-state index in [2.05, 4.69) is 20.6 Å². The standard InChI is InChI=1S/C11H16N6O3/c1-12-10-9(17(19)20)11(15-7-14-10)13-6-8(18)16-4-2-3-5-16/h7H,2-6H2,1H3,(H2,12,13,14,15). The fourth-order valence-electron chi connectivity index (χ4n) is 2.10. The molecule has 0 aromatic carbocycles. The molecular formula is C11H16N6O3. The Morgan fingerprint density at radius 3 is 2.65 bits per heavy atom. The number of anilines is 2. The van der Waals surface area contributed by atoms with Crippen LogP contribution >= 0.6 is 0 Å². The van der Waals surface area contributed by atoms with Gasteiger partial charge in [0.05, 0.1) is 11.5 Å². The second kappa shape index (κ2) is 6.13. The number of nitrogens with one attached hydrogen (secondary N) is 2. The molecule has 0 unspecified atom stereocenters. The van der Waals surface area contributed by atoms with Crippen molar-refractivity contribution in [3.63, 3.8) is 0 Å². The third-order valence-electron chi connectivity index (χ3n) is 3.11. The van der Waals surface area contributed by atoms with Crippen molar-refractivity contribution in [3.05, 3.63) is 16.4 Å². The van der Waals surface area contributed by atoms with Crippen LogP contribution in [0.5, 0.6) is 0 Å². The summed E-state index contributed by atoms with van der Waals surface area (Å²) in [6, 6.07) is 0. The highest BCUT2D eigenvalue weighted by molar-refractivity contribution is 5.82. The van der Waals surface area contributed by atoms with Crippen LogP contribution in [0.25, 0.3) is 0 Å². The van der Waals surface area contributed by atoms with Gasteiger partial charge in [-0.3, -0.25) is 14.9 Å². The highest BCUT2D eigenvalue weighted by atomic mass is 16.6. The maximum atomic E-state index is 11.9. The third-order valence-corrected chi connectivity index (χ3v) is 3.11. The van der Waals surface area contributed by atoms with Gasteiger partial charge in [0, 0.05) is 20.1 Å². The molecule has 1 aliphatic heterocycles. The number of amides is 1. The van der Waals surface area contributed by atoms with Crippen LogP contribution in [0.1, 0.15) is 12.8 Å². The summed E-state index contributed by atoms with van der Waals surface area (Å²) in [6.07, 6.45) is 3.22. The van der Waals surface area contributed by atoms with Gasteiger partial charge < -0.3 is 15.5 Å². The molecule has 1 aliphatic rings. The van der Waals surface area contributed by atoms with Crippen molar-refractivity contribution in [1.82, 2.24) is 14.9 Å². The highest BCUT2D eigenvalue weighted by Gasteiger charge is 2.23. The van der Waals surface area contributed by atoms with E-state index in [1.54, 1.807) is 4.90 Å². The fraction of sp³-hybridized carbons (Fsp3) is 0.545. The summed E-state index contributed by atoms with van der Waals surface area (Å²) in [6.45, 7) is 1.48. The monoisotopic (exact) mass is 280 g/mol. The number of rotatable bonds is 5. The van der Waals surface area contributed by atoms with Crippen molar-refractivity contribution in [2.75, 3.05) is 37.3 Å². The number of aromatic nitrogens is 2. The second-order valence-corrected chi connectivity index (χ2v) is 4.37. The number of likely N-dealkylation sites (tertiary alicyclic amines) is 1. The molecule has 0 spiro atoms. The number of carbonyl (C=O) groups is 1. The molecule has 0 bridgehead atoms. The molecule has 1 saturated heterocycles. The van der Waals surface area contributed by atoms with Crippen molar-refractivity contribution < 1.29 is 9.72 Å². The van der Waals surface area contributed by atoms with E-state index in [1.807, 2.05) is 0 Å². The Morgan fingerprint density at radius 2 is 2.05 bits per heavy atom. The lowest BCUT2D eigenvalue weighted by Gasteiger charge is -2.15. The van der Waals surface area contributed by atoms with E-state index in [9.17, 15) is 14.9 Å². The molecule has 2 heterocycles. The molecule has 1 aromatic heterocycles. The summed E-state index contributed by atoms with van der Waals surface area (Å²) < 4.78 is 0. The fourth-order valence-corrected chi connectivity index (χ4v) is 2.10. The number of nitrogens with zero attached hydrogens (tertiary/aromatic N) is 4. The van der Waals surface area contributed by atoms with Gasteiger partial charge in [-0.15, -0.1) is 0 Å². The van der Waals surface area contributed by atoms with Crippen molar-refractivity contribution in [3.8, 4) is 0 Å². The summed E-state index contributed by atoms with van der Waals surface area (Å²) in [4.78, 5) is 31.7. The van der Waals surface area contributed by atoms with Gasteiger partial charge in [0.15, 0.2) is 0 Å². The van der Waals surface area contributed by atoms with Crippen molar-refractivity contribution in [2.24, 2.45) is 0 Å². The van der Waals surface area contributed by atoms with Crippen LogP contribution in [-0.4, -0.2) is 52.4 Å². The summed E-state index contributed by atoms with van der Waals surface area (Å²) in [5.41, 5.74) is -0.260. The number of hydrogen-bond donors (Lipinski definition) is 2. The lowest BCUT2D eigenvalue weighted by atomic mass is 10.4. The van der Waals surface area contributed by atoms with Gasteiger partial charge in [-0.1, -0.05) is 0 Å². The normalized spacial score (nSPS) is 14.2. The van der Waals surface area contributed by atoms with Crippen LogP contribution in [0.2, 0.25) is 0 Å². The van der Waals surface area contributed by atoms with Gasteiger partial charge in [-0.2, -0.15) is 0 Å². The summed E-state index contributed by atoms with van der Waals surface area (Å²) in [5, 5.41) is 16.4. The number of hydrogen-bond acceptors (Lipinski definition) is 7. The molecule has 0 atom stereocenters. The van der Waals surface area contributed by atoms with E-state index < -0.39 is 4.92 Å². The maximum Gasteiger partial charge on any atom is 0.353 e. The molecule has 9 nitrogen and oxygen atoms in total. The van der Waals surface area contributed by atoms with Crippen LogP contribution in [0.15, 0.2) is 6.33 Å². The Bertz CT molecular complexity index is 515. The summed E-state index contributed by atoms with van der Waals surface area (Å²) >= 11 is 0. The van der Waals surface area contributed by atoms with Crippen molar-refractivity contribution in [2.45, 2.75) is 12.8 Å². The molecule has 1 amide bonds. The van der Waals surface area contributed by atoms with E-state index >= 15 is 0 Å². The van der Waals surface area contributed by atoms with E-state index in [0.29, 0.717) is 0 Å². The minimum Gasteiger partial charge on any atom is -0.367 e. The molecule has 2 rings (SSSR count). The van der Waals surface area contributed by atoms with Gasteiger partial charge in [0.2, 0.25) is 17.5 Å². The molecule has 0 saturated carbocycles. The average Bonchev–Trinajstić information content (AvgIpc) is 2.98. The average molecular weight is 280 g/mol. The second-order valence-electron chi connectivity index (χ2n) is 4.37. The Labute approximate surface area is 115 Å².